The lowest BCUT2D eigenvalue weighted by Crippen LogP contribution is -2.47. The number of hydrogen-bond acceptors (Lipinski definition) is 13. The Balaban J connectivity index is 0.000000247. The summed E-state index contributed by atoms with van der Waals surface area (Å²) < 4.78 is 101. The van der Waals surface area contributed by atoms with E-state index in [1.54, 1.807) is 47.6 Å². The van der Waals surface area contributed by atoms with Crippen LogP contribution in [0.3, 0.4) is 0 Å². The van der Waals surface area contributed by atoms with Crippen molar-refractivity contribution in [2.45, 2.75) is 128 Å². The molecule has 22 heteroatoms. The molecule has 356 valence electrons. The first kappa shape index (κ1) is 50.8. The SMILES string of the molecule is CC(C)(C)OC(=O)N1CC[C@@H](O)[C@H]1C(=O)CCc1cc(-c2ccc(C(F)(F)F)nc2)ncn1.CC(C)(C)OC(=O)N1CC[C@H](F)[C@H]1C(=O)CCc1cc(-c2ccc(C(F)(F)F)nc2)ncn1. The number of Topliss-reactive ketones (excluding diaryl/α,β-unsaturated/α-hetero) is 2. The van der Waals surface area contributed by atoms with Gasteiger partial charge in [0.25, 0.3) is 0 Å². The van der Waals surface area contributed by atoms with Crippen molar-refractivity contribution in [2.24, 2.45) is 0 Å². The number of hydrogen-bond donors (Lipinski definition) is 1. The number of aliphatic hydroxyl groups excluding tert-OH is 1. The number of aliphatic hydroxyl groups is 1. The molecule has 0 aliphatic carbocycles. The van der Waals surface area contributed by atoms with Crippen LogP contribution in [0.25, 0.3) is 22.5 Å². The number of amides is 2. The number of carbonyl (C=O) groups excluding carboxylic acids is 4. The minimum Gasteiger partial charge on any atom is -0.444 e. The Morgan fingerprint density at radius 1 is 0.621 bits per heavy atom. The van der Waals surface area contributed by atoms with Gasteiger partial charge in [-0.15, -0.1) is 0 Å². The molecule has 0 radical (unpaired) electrons. The molecule has 0 aromatic carbocycles. The fraction of sp³-hybridized carbons (Fsp3) is 0.500. The van der Waals surface area contributed by atoms with Crippen LogP contribution >= 0.6 is 0 Å². The zero-order chi connectivity index (χ0) is 48.8. The summed E-state index contributed by atoms with van der Waals surface area (Å²) in [7, 11) is 0. The first-order chi connectivity index (χ1) is 30.7. The lowest BCUT2D eigenvalue weighted by molar-refractivity contribution is -0.141. The number of pyridine rings is 2. The van der Waals surface area contributed by atoms with Crippen molar-refractivity contribution in [2.75, 3.05) is 13.1 Å². The normalized spacial score (nSPS) is 18.9. The van der Waals surface area contributed by atoms with E-state index in [0.717, 1.165) is 29.4 Å². The third-order valence-electron chi connectivity index (χ3n) is 10.0. The van der Waals surface area contributed by atoms with Gasteiger partial charge in [-0.05, 0) is 104 Å². The van der Waals surface area contributed by atoms with Crippen LogP contribution in [-0.4, -0.2) is 117 Å². The maximum Gasteiger partial charge on any atom is 0.433 e. The molecule has 6 heterocycles. The van der Waals surface area contributed by atoms with Crippen LogP contribution in [0, 0.1) is 0 Å². The van der Waals surface area contributed by atoms with Crippen LogP contribution in [-0.2, 0) is 44.3 Å². The fourth-order valence-corrected chi connectivity index (χ4v) is 6.95. The van der Waals surface area contributed by atoms with Gasteiger partial charge in [-0.25, -0.2) is 33.9 Å². The number of alkyl halides is 7. The van der Waals surface area contributed by atoms with Gasteiger partial charge in [0.15, 0.2) is 11.6 Å². The fourth-order valence-electron chi connectivity index (χ4n) is 6.95. The largest absolute Gasteiger partial charge is 0.444 e. The second-order valence-electron chi connectivity index (χ2n) is 17.5. The maximum atomic E-state index is 14.4. The highest BCUT2D eigenvalue weighted by atomic mass is 19.4. The van der Waals surface area contributed by atoms with E-state index in [0.29, 0.717) is 33.9 Å². The molecule has 0 bridgehead atoms. The Kier molecular flexibility index (Phi) is 15.8. The van der Waals surface area contributed by atoms with Crippen molar-refractivity contribution >= 4 is 23.8 Å². The van der Waals surface area contributed by atoms with Crippen LogP contribution in [0.15, 0.2) is 61.4 Å². The van der Waals surface area contributed by atoms with Gasteiger partial charge < -0.3 is 14.6 Å². The second-order valence-corrected chi connectivity index (χ2v) is 17.5. The molecule has 1 N–H and O–H groups in total. The summed E-state index contributed by atoms with van der Waals surface area (Å²) >= 11 is 0. The lowest BCUT2D eigenvalue weighted by Gasteiger charge is -2.28. The summed E-state index contributed by atoms with van der Waals surface area (Å²) in [6.07, 6.45) is -7.72. The Hall–Kier alpha value is -6.19. The molecule has 0 spiro atoms. The summed E-state index contributed by atoms with van der Waals surface area (Å²) in [5.74, 6) is -0.788. The van der Waals surface area contributed by atoms with Crippen LogP contribution in [0.5, 0.6) is 0 Å². The summed E-state index contributed by atoms with van der Waals surface area (Å²) in [5, 5.41) is 10.3. The predicted octanol–water partition coefficient (Wildman–Crippen LogP) is 7.84. The molecule has 66 heavy (non-hydrogen) atoms. The highest BCUT2D eigenvalue weighted by Gasteiger charge is 2.44. The standard InChI is InChI=1S/C22H24F4N4O3.C22H25F3N4O4/c1-21(2,3)33-20(32)30-9-8-15(23)19(30)17(31)6-5-14-10-16(29-12-28-14)13-4-7-18(27-11-13)22(24,25)26;1-21(2,3)33-20(32)29-9-8-17(31)19(29)16(30)6-5-14-10-15(28-12-27-14)13-4-7-18(26-11-13)22(23,24)25/h4,7,10-12,15,19H,5-6,8-9H2,1-3H3;4,7,10-12,17,19,31H,5-6,8-9H2,1-3H3/t15-,19-;17-,19-/m01/s1. The van der Waals surface area contributed by atoms with Crippen LogP contribution in [0.4, 0.5) is 40.3 Å². The highest BCUT2D eigenvalue weighted by Crippen LogP contribution is 2.31. The average molecular weight is 935 g/mol. The Morgan fingerprint density at radius 2 is 1.03 bits per heavy atom. The number of likely N-dealkylation sites (tertiary alicyclic amines) is 2. The zero-order valence-corrected chi connectivity index (χ0v) is 36.9. The van der Waals surface area contributed by atoms with E-state index in [2.05, 4.69) is 29.9 Å². The van der Waals surface area contributed by atoms with Gasteiger partial charge in [0.2, 0.25) is 0 Å². The Labute approximate surface area is 375 Å². The summed E-state index contributed by atoms with van der Waals surface area (Å²) in [5.41, 5.74) is -1.15. The maximum absolute atomic E-state index is 14.4. The van der Waals surface area contributed by atoms with Gasteiger partial charge in [0.05, 0.1) is 17.5 Å². The average Bonchev–Trinajstić information content (AvgIpc) is 3.83. The van der Waals surface area contributed by atoms with Crippen LogP contribution in [0.1, 0.15) is 90.0 Å². The second kappa shape index (κ2) is 20.5. The smallest absolute Gasteiger partial charge is 0.433 e. The van der Waals surface area contributed by atoms with Crippen molar-refractivity contribution in [3.8, 4) is 22.5 Å². The van der Waals surface area contributed by atoms with Gasteiger partial charge in [-0.2, -0.15) is 26.3 Å². The predicted molar refractivity (Wildman–Crippen MR) is 221 cm³/mol. The van der Waals surface area contributed by atoms with E-state index < -0.39 is 77.3 Å². The van der Waals surface area contributed by atoms with E-state index in [1.807, 2.05) is 0 Å². The topological polar surface area (TPSA) is 191 Å². The van der Waals surface area contributed by atoms with Crippen LogP contribution < -0.4 is 0 Å². The molecule has 4 aromatic heterocycles. The number of nitrogens with zero attached hydrogens (tertiary/aromatic N) is 8. The summed E-state index contributed by atoms with van der Waals surface area (Å²) in [6.45, 7) is 10.5. The number of ketones is 2. The molecule has 2 aliphatic heterocycles. The zero-order valence-electron chi connectivity index (χ0n) is 36.9. The van der Waals surface area contributed by atoms with Crippen LogP contribution in [0.2, 0.25) is 0 Å². The number of carbonyl (C=O) groups is 4. The van der Waals surface area contributed by atoms with E-state index in [4.69, 9.17) is 9.47 Å². The third kappa shape index (κ3) is 13.9. The quantitative estimate of drug-likeness (QED) is 0.152. The molecule has 2 amide bonds. The molecule has 0 saturated carbocycles. The number of aryl methyl sites for hydroxylation is 2. The highest BCUT2D eigenvalue weighted by molar-refractivity contribution is 5.89. The Bertz CT molecular complexity index is 2180. The molecule has 15 nitrogen and oxygen atoms in total. The van der Waals surface area contributed by atoms with Crippen molar-refractivity contribution < 1.29 is 64.5 Å². The molecule has 6 rings (SSSR count). The number of ether oxygens (including phenoxy) is 2. The van der Waals surface area contributed by atoms with Crippen molar-refractivity contribution in [1.29, 1.82) is 0 Å². The van der Waals surface area contributed by atoms with E-state index in [-0.39, 0.29) is 57.4 Å². The van der Waals surface area contributed by atoms with Gasteiger partial charge >= 0.3 is 24.5 Å². The van der Waals surface area contributed by atoms with Gasteiger partial charge in [0, 0.05) is 60.8 Å². The van der Waals surface area contributed by atoms with Crippen molar-refractivity contribution in [3.05, 3.63) is 84.2 Å². The van der Waals surface area contributed by atoms with Crippen molar-refractivity contribution in [3.63, 3.8) is 0 Å². The number of aromatic nitrogens is 6. The summed E-state index contributed by atoms with van der Waals surface area (Å²) in [4.78, 5) is 75.9. The first-order valence-electron chi connectivity index (χ1n) is 20.8. The van der Waals surface area contributed by atoms with Crippen molar-refractivity contribution in [1.82, 2.24) is 39.7 Å². The van der Waals surface area contributed by atoms with E-state index in [1.165, 1.54) is 35.8 Å². The third-order valence-corrected chi connectivity index (χ3v) is 10.0. The molecule has 0 unspecified atom stereocenters. The molecule has 4 atom stereocenters. The van der Waals surface area contributed by atoms with E-state index >= 15 is 0 Å². The van der Waals surface area contributed by atoms with Gasteiger partial charge in [0.1, 0.15) is 53.5 Å². The molecule has 2 saturated heterocycles. The molecule has 4 aromatic rings. The molecular weight excluding hydrogens is 886 g/mol. The lowest BCUT2D eigenvalue weighted by atomic mass is 10.0. The minimum absolute atomic E-state index is 0.00272. The molecule has 2 aliphatic rings. The Morgan fingerprint density at radius 3 is 1.42 bits per heavy atom. The van der Waals surface area contributed by atoms with E-state index in [9.17, 15) is 55.0 Å². The summed E-state index contributed by atoms with van der Waals surface area (Å²) in [6, 6.07) is 5.11. The first-order valence-corrected chi connectivity index (χ1v) is 20.8. The monoisotopic (exact) mass is 934 g/mol. The molecular formula is C44H49F7N8O7. The van der Waals surface area contributed by atoms with Gasteiger partial charge in [-0.1, -0.05) is 0 Å². The van der Waals surface area contributed by atoms with Gasteiger partial charge in [-0.3, -0.25) is 29.4 Å². The number of rotatable bonds is 10. The number of halogens is 7. The minimum atomic E-state index is -4.54. The molecule has 2 fully saturated rings.